The molecule has 1 aliphatic carbocycles. The van der Waals surface area contributed by atoms with Gasteiger partial charge in [0.2, 0.25) is 5.79 Å². The van der Waals surface area contributed by atoms with E-state index in [2.05, 4.69) is 16.1 Å². The minimum absolute atomic E-state index is 0.0459. The Labute approximate surface area is 277 Å². The van der Waals surface area contributed by atoms with Crippen LogP contribution in [0, 0.1) is 12.7 Å². The Morgan fingerprint density at radius 3 is 2.58 bits per heavy atom. The van der Waals surface area contributed by atoms with E-state index in [0.717, 1.165) is 43.1 Å². The molecule has 3 saturated heterocycles. The van der Waals surface area contributed by atoms with E-state index in [1.165, 1.54) is 19.9 Å². The van der Waals surface area contributed by atoms with Crippen molar-refractivity contribution in [3.8, 4) is 22.9 Å². The van der Waals surface area contributed by atoms with Crippen LogP contribution in [-0.4, -0.2) is 85.1 Å². The van der Waals surface area contributed by atoms with Gasteiger partial charge in [-0.25, -0.2) is 13.9 Å². The predicted molar refractivity (Wildman–Crippen MR) is 176 cm³/mol. The summed E-state index contributed by atoms with van der Waals surface area (Å²) in [7, 11) is 0. The van der Waals surface area contributed by atoms with E-state index in [4.69, 9.17) is 24.2 Å². The highest BCUT2D eigenvalue weighted by molar-refractivity contribution is 6.06. The van der Waals surface area contributed by atoms with Crippen molar-refractivity contribution in [2.45, 2.75) is 96.2 Å². The third-order valence-corrected chi connectivity index (χ3v) is 10.1. The fraction of sp³-hybridized carbons (Fsp3) is 0.543. The van der Waals surface area contributed by atoms with Gasteiger partial charge in [-0.3, -0.25) is 0 Å². The Bertz CT molecular complexity index is 1930. The molecule has 1 amide bonds. The molecule has 4 aromatic rings. The molecular formula is C35H41FN6O6. The summed E-state index contributed by atoms with van der Waals surface area (Å²) < 4.78 is 34.7. The molecule has 3 aliphatic heterocycles. The molecule has 0 radical (unpaired) electrons. The number of phenolic OH excluding ortho intramolecular Hbond substituents is 1. The molecule has 2 bridgehead atoms. The fourth-order valence-electron chi connectivity index (χ4n) is 7.77. The standard InChI is InChI=1S/C35H41FN6O6/c1-5-46-33-38-30-23(32(39-33)40-16-21-12-20(40)17-41(21)34(44)48-35(3,4)45)13-22(19-9-10-19)29(31(30)43)28-18(2)25(36)14-26-24(28)15-37-42(26)27-8-6-7-11-47-27/h13-15,19-21,27,43,45H,5-12,16-17H2,1-4H3/t20-,21-,27?/m0/s1. The van der Waals surface area contributed by atoms with Crippen LogP contribution in [0.3, 0.4) is 0 Å². The number of anilines is 1. The average molecular weight is 661 g/mol. The van der Waals surface area contributed by atoms with Crippen LogP contribution in [0.25, 0.3) is 32.9 Å². The molecular weight excluding hydrogens is 619 g/mol. The lowest BCUT2D eigenvalue weighted by Crippen LogP contribution is -2.50. The highest BCUT2D eigenvalue weighted by atomic mass is 19.1. The fourth-order valence-corrected chi connectivity index (χ4v) is 7.77. The lowest BCUT2D eigenvalue weighted by Gasteiger charge is -2.36. The number of piperazine rings is 1. The zero-order chi connectivity index (χ0) is 33.5. The molecule has 48 heavy (non-hydrogen) atoms. The number of aromatic nitrogens is 4. The van der Waals surface area contributed by atoms with Crippen molar-refractivity contribution in [3.63, 3.8) is 0 Å². The number of nitrogens with zero attached hydrogens (tertiary/aromatic N) is 6. The van der Waals surface area contributed by atoms with Crippen LogP contribution in [0.4, 0.5) is 15.0 Å². The van der Waals surface area contributed by atoms with Gasteiger partial charge in [0.15, 0.2) is 6.23 Å². The topological polar surface area (TPSA) is 135 Å². The maximum absolute atomic E-state index is 15.8. The Balaban J connectivity index is 1.27. The molecule has 13 heteroatoms. The van der Waals surface area contributed by atoms with Gasteiger partial charge >= 0.3 is 12.1 Å². The molecule has 2 aromatic carbocycles. The van der Waals surface area contributed by atoms with Crippen molar-refractivity contribution >= 4 is 33.7 Å². The maximum atomic E-state index is 15.8. The van der Waals surface area contributed by atoms with Gasteiger partial charge in [-0.2, -0.15) is 15.1 Å². The summed E-state index contributed by atoms with van der Waals surface area (Å²) in [6, 6.07) is 3.52. The van der Waals surface area contributed by atoms with Crippen molar-refractivity contribution in [2.75, 3.05) is 31.2 Å². The van der Waals surface area contributed by atoms with Gasteiger partial charge in [-0.1, -0.05) is 0 Å². The average Bonchev–Trinajstić information content (AvgIpc) is 3.49. The van der Waals surface area contributed by atoms with E-state index in [1.807, 2.05) is 6.92 Å². The summed E-state index contributed by atoms with van der Waals surface area (Å²) >= 11 is 0. The monoisotopic (exact) mass is 660 g/mol. The van der Waals surface area contributed by atoms with Crippen LogP contribution in [0.15, 0.2) is 18.3 Å². The SMILES string of the molecule is CCOc1nc(N2C[C@@H]3C[C@H]2CN3C(=O)OC(C)(C)O)c2cc(C3CC3)c(-c3c(C)c(F)cc4c3cnn4C3CCCCO3)c(O)c2n1. The molecule has 12 nitrogen and oxygen atoms in total. The highest BCUT2D eigenvalue weighted by Gasteiger charge is 2.48. The highest BCUT2D eigenvalue weighted by Crippen LogP contribution is 2.53. The number of aromatic hydroxyl groups is 1. The molecule has 4 fully saturated rings. The predicted octanol–water partition coefficient (Wildman–Crippen LogP) is 5.90. The third kappa shape index (κ3) is 5.18. The number of benzene rings is 2. The molecule has 3 atom stereocenters. The molecule has 2 aromatic heterocycles. The second kappa shape index (κ2) is 11.4. The van der Waals surface area contributed by atoms with Crippen molar-refractivity contribution < 1.29 is 33.6 Å². The first kappa shape index (κ1) is 31.1. The van der Waals surface area contributed by atoms with Crippen molar-refractivity contribution in [2.24, 2.45) is 0 Å². The van der Waals surface area contributed by atoms with E-state index in [9.17, 15) is 15.0 Å². The number of likely N-dealkylation sites (tertiary alicyclic amines) is 1. The van der Waals surface area contributed by atoms with Gasteiger partial charge in [0.05, 0.1) is 30.4 Å². The number of phenols is 1. The molecule has 0 spiro atoms. The molecule has 4 aliphatic rings. The summed E-state index contributed by atoms with van der Waals surface area (Å²) in [5, 5.41) is 28.4. The number of halogens is 1. The molecule has 5 heterocycles. The number of carbonyl (C=O) groups is 1. The molecule has 1 unspecified atom stereocenters. The number of carbonyl (C=O) groups excluding carboxylic acids is 1. The van der Waals surface area contributed by atoms with E-state index in [0.29, 0.717) is 71.7 Å². The van der Waals surface area contributed by atoms with E-state index in [-0.39, 0.29) is 41.8 Å². The Morgan fingerprint density at radius 2 is 1.92 bits per heavy atom. The third-order valence-electron chi connectivity index (χ3n) is 10.1. The first-order valence-corrected chi connectivity index (χ1v) is 17.0. The van der Waals surface area contributed by atoms with Gasteiger partial charge < -0.3 is 34.2 Å². The second-order valence-corrected chi connectivity index (χ2v) is 14.0. The Kier molecular flexibility index (Phi) is 7.40. The number of hydrogen-bond acceptors (Lipinski definition) is 10. The van der Waals surface area contributed by atoms with Crippen LogP contribution in [0.1, 0.15) is 82.6 Å². The lowest BCUT2D eigenvalue weighted by molar-refractivity contribution is -0.140. The van der Waals surface area contributed by atoms with Crippen LogP contribution >= 0.6 is 0 Å². The van der Waals surface area contributed by atoms with E-state index >= 15 is 4.39 Å². The van der Waals surface area contributed by atoms with Gasteiger partial charge in [0.1, 0.15) is 22.9 Å². The second-order valence-electron chi connectivity index (χ2n) is 14.0. The maximum Gasteiger partial charge on any atom is 0.412 e. The minimum Gasteiger partial charge on any atom is -0.505 e. The number of amides is 1. The van der Waals surface area contributed by atoms with Crippen molar-refractivity contribution in [3.05, 3.63) is 35.3 Å². The smallest absolute Gasteiger partial charge is 0.412 e. The minimum atomic E-state index is -1.57. The van der Waals surface area contributed by atoms with E-state index < -0.39 is 11.9 Å². The van der Waals surface area contributed by atoms with Crippen molar-refractivity contribution in [1.82, 2.24) is 24.6 Å². The van der Waals surface area contributed by atoms with Crippen LogP contribution in [-0.2, 0) is 9.47 Å². The Morgan fingerprint density at radius 1 is 1.10 bits per heavy atom. The molecule has 8 rings (SSSR count). The quantitative estimate of drug-likeness (QED) is 0.231. The first-order chi connectivity index (χ1) is 23.0. The number of rotatable bonds is 7. The normalized spacial score (nSPS) is 22.7. The number of fused-ring (bicyclic) bond motifs is 4. The molecule has 2 N–H and O–H groups in total. The number of hydrogen-bond donors (Lipinski definition) is 2. The largest absolute Gasteiger partial charge is 0.505 e. The van der Waals surface area contributed by atoms with Gasteiger partial charge in [0, 0.05) is 61.5 Å². The summed E-state index contributed by atoms with van der Waals surface area (Å²) in [6.45, 7) is 8.31. The summed E-state index contributed by atoms with van der Waals surface area (Å²) in [6.07, 6.45) is 6.34. The van der Waals surface area contributed by atoms with Crippen LogP contribution < -0.4 is 9.64 Å². The van der Waals surface area contributed by atoms with Gasteiger partial charge in [-0.05, 0) is 75.5 Å². The molecule has 254 valence electrons. The molecule has 1 saturated carbocycles. The first-order valence-electron chi connectivity index (χ1n) is 17.0. The zero-order valence-electron chi connectivity index (χ0n) is 27.7. The zero-order valence-corrected chi connectivity index (χ0v) is 27.7. The summed E-state index contributed by atoms with van der Waals surface area (Å²) in [5.74, 6) is -1.19. The van der Waals surface area contributed by atoms with E-state index in [1.54, 1.807) is 22.7 Å². The van der Waals surface area contributed by atoms with Crippen molar-refractivity contribution in [1.29, 1.82) is 0 Å². The summed E-state index contributed by atoms with van der Waals surface area (Å²) in [5.41, 5.74) is 3.46. The van der Waals surface area contributed by atoms with Gasteiger partial charge in [-0.15, -0.1) is 0 Å². The Hall–Kier alpha value is -4.23. The van der Waals surface area contributed by atoms with Gasteiger partial charge in [0.25, 0.3) is 0 Å². The summed E-state index contributed by atoms with van der Waals surface area (Å²) in [4.78, 5) is 26.2. The van der Waals surface area contributed by atoms with Crippen LogP contribution in [0.2, 0.25) is 0 Å². The number of ether oxygens (including phenoxy) is 3. The lowest BCUT2D eigenvalue weighted by atomic mass is 9.88. The van der Waals surface area contributed by atoms with Crippen LogP contribution in [0.5, 0.6) is 11.8 Å². The number of aliphatic hydroxyl groups is 1.